The van der Waals surface area contributed by atoms with E-state index in [0.29, 0.717) is 6.61 Å². The SMILES string of the molecule is CCOc1n[nH]c(NC(=O)c2ccc(C(F)(F)F)cc2)n1. The maximum absolute atomic E-state index is 12.4. The molecule has 0 fully saturated rings. The molecule has 0 spiro atoms. The van der Waals surface area contributed by atoms with Gasteiger partial charge in [0.05, 0.1) is 12.2 Å². The molecule has 0 bridgehead atoms. The highest BCUT2D eigenvalue weighted by atomic mass is 19.4. The normalized spacial score (nSPS) is 11.2. The van der Waals surface area contributed by atoms with Gasteiger partial charge in [-0.2, -0.15) is 18.2 Å². The molecule has 2 rings (SSSR count). The number of aromatic amines is 1. The number of alkyl halides is 3. The predicted molar refractivity (Wildman–Crippen MR) is 66.9 cm³/mol. The minimum absolute atomic E-state index is 0.0448. The van der Waals surface area contributed by atoms with Gasteiger partial charge < -0.3 is 4.74 Å². The predicted octanol–water partition coefficient (Wildman–Crippen LogP) is 2.47. The van der Waals surface area contributed by atoms with Gasteiger partial charge in [0, 0.05) is 5.56 Å². The average molecular weight is 300 g/mol. The van der Waals surface area contributed by atoms with Gasteiger partial charge >= 0.3 is 12.2 Å². The molecule has 2 N–H and O–H groups in total. The first kappa shape index (κ1) is 14.8. The second kappa shape index (κ2) is 5.81. The molecule has 9 heteroatoms. The summed E-state index contributed by atoms with van der Waals surface area (Å²) in [5.74, 6) is -0.564. The maximum atomic E-state index is 12.4. The summed E-state index contributed by atoms with van der Waals surface area (Å²) in [5.41, 5.74) is -0.755. The third-order valence-corrected chi connectivity index (χ3v) is 2.44. The second-order valence-electron chi connectivity index (χ2n) is 3.93. The summed E-state index contributed by atoms with van der Waals surface area (Å²) in [7, 11) is 0. The molecule has 6 nitrogen and oxygen atoms in total. The van der Waals surface area contributed by atoms with Crippen molar-refractivity contribution in [3.8, 4) is 6.01 Å². The number of carbonyl (C=O) groups is 1. The number of nitrogens with one attached hydrogen (secondary N) is 2. The van der Waals surface area contributed by atoms with Gasteiger partial charge in [0.25, 0.3) is 5.91 Å². The highest BCUT2D eigenvalue weighted by molar-refractivity contribution is 6.03. The van der Waals surface area contributed by atoms with Crippen molar-refractivity contribution in [2.45, 2.75) is 13.1 Å². The lowest BCUT2D eigenvalue weighted by Crippen LogP contribution is -2.13. The number of nitrogens with zero attached hydrogens (tertiary/aromatic N) is 2. The average Bonchev–Trinajstić information content (AvgIpc) is 2.86. The van der Waals surface area contributed by atoms with Crippen LogP contribution in [0.15, 0.2) is 24.3 Å². The summed E-state index contributed by atoms with van der Waals surface area (Å²) in [4.78, 5) is 15.6. The molecule has 2 aromatic rings. The fourth-order valence-corrected chi connectivity index (χ4v) is 1.49. The Morgan fingerprint density at radius 2 is 2.00 bits per heavy atom. The standard InChI is InChI=1S/C12H11F3N4O2/c1-2-21-11-17-10(18-19-11)16-9(20)7-3-5-8(6-4-7)12(13,14)15/h3-6H,2H2,1H3,(H2,16,17,18,19,20). The van der Waals surface area contributed by atoms with E-state index in [-0.39, 0.29) is 17.5 Å². The number of halogens is 3. The molecule has 112 valence electrons. The summed E-state index contributed by atoms with van der Waals surface area (Å²) in [5, 5.41) is 8.47. The molecule has 0 saturated carbocycles. The van der Waals surface area contributed by atoms with Crippen molar-refractivity contribution in [2.24, 2.45) is 0 Å². The number of H-pyrrole nitrogens is 1. The molecule has 0 unspecified atom stereocenters. The number of hydrogen-bond donors (Lipinski definition) is 2. The van der Waals surface area contributed by atoms with Crippen LogP contribution in [-0.4, -0.2) is 27.7 Å². The van der Waals surface area contributed by atoms with E-state index in [1.807, 2.05) is 0 Å². The quantitative estimate of drug-likeness (QED) is 0.909. The lowest BCUT2D eigenvalue weighted by atomic mass is 10.1. The van der Waals surface area contributed by atoms with Crippen LogP contribution in [0.3, 0.4) is 0 Å². The van der Waals surface area contributed by atoms with Crippen LogP contribution in [0.25, 0.3) is 0 Å². The fraction of sp³-hybridized carbons (Fsp3) is 0.250. The number of amides is 1. The van der Waals surface area contributed by atoms with Crippen LogP contribution in [0.5, 0.6) is 6.01 Å². The Balaban J connectivity index is 2.06. The lowest BCUT2D eigenvalue weighted by molar-refractivity contribution is -0.137. The van der Waals surface area contributed by atoms with Crippen LogP contribution in [0.2, 0.25) is 0 Å². The molecule has 21 heavy (non-hydrogen) atoms. The van der Waals surface area contributed by atoms with Gasteiger partial charge in [-0.1, -0.05) is 0 Å². The summed E-state index contributed by atoms with van der Waals surface area (Å²) in [6, 6.07) is 3.90. The van der Waals surface area contributed by atoms with Gasteiger partial charge in [0.2, 0.25) is 5.95 Å². The van der Waals surface area contributed by atoms with E-state index in [2.05, 4.69) is 20.5 Å². The topological polar surface area (TPSA) is 79.9 Å². The van der Waals surface area contributed by atoms with Crippen LogP contribution >= 0.6 is 0 Å². The van der Waals surface area contributed by atoms with Crippen molar-refractivity contribution in [2.75, 3.05) is 11.9 Å². The third-order valence-electron chi connectivity index (χ3n) is 2.44. The fourth-order valence-electron chi connectivity index (χ4n) is 1.49. The Morgan fingerprint density at radius 3 is 2.57 bits per heavy atom. The largest absolute Gasteiger partial charge is 0.463 e. The minimum Gasteiger partial charge on any atom is -0.463 e. The van der Waals surface area contributed by atoms with Gasteiger partial charge in [-0.05, 0) is 31.2 Å². The van der Waals surface area contributed by atoms with Gasteiger partial charge in [-0.15, -0.1) is 5.10 Å². The zero-order chi connectivity index (χ0) is 15.5. The lowest BCUT2D eigenvalue weighted by Gasteiger charge is -2.07. The first-order valence-electron chi connectivity index (χ1n) is 5.94. The molecule has 1 aromatic carbocycles. The number of rotatable bonds is 4. The molecule has 0 aliphatic heterocycles. The molecule has 0 aliphatic rings. The number of ether oxygens (including phenoxy) is 1. The molecule has 1 aromatic heterocycles. The first-order valence-corrected chi connectivity index (χ1v) is 5.94. The third kappa shape index (κ3) is 3.71. The molecule has 0 atom stereocenters. The Bertz CT molecular complexity index is 622. The van der Waals surface area contributed by atoms with E-state index in [9.17, 15) is 18.0 Å². The molecule has 1 amide bonds. The van der Waals surface area contributed by atoms with Crippen LogP contribution in [0, 0.1) is 0 Å². The smallest absolute Gasteiger partial charge is 0.416 e. The van der Waals surface area contributed by atoms with E-state index in [4.69, 9.17) is 4.74 Å². The van der Waals surface area contributed by atoms with Crippen LogP contribution in [0.4, 0.5) is 19.1 Å². The number of carbonyl (C=O) groups excluding carboxylic acids is 1. The van der Waals surface area contributed by atoms with E-state index in [1.54, 1.807) is 6.92 Å². The Morgan fingerprint density at radius 1 is 1.33 bits per heavy atom. The molecular formula is C12H11F3N4O2. The summed E-state index contributed by atoms with van der Waals surface area (Å²) in [6.07, 6.45) is -4.44. The highest BCUT2D eigenvalue weighted by Crippen LogP contribution is 2.29. The van der Waals surface area contributed by atoms with E-state index < -0.39 is 17.6 Å². The highest BCUT2D eigenvalue weighted by Gasteiger charge is 2.30. The van der Waals surface area contributed by atoms with Gasteiger partial charge in [0.1, 0.15) is 0 Å². The van der Waals surface area contributed by atoms with Crippen molar-refractivity contribution in [1.82, 2.24) is 15.2 Å². The minimum atomic E-state index is -4.44. The number of benzene rings is 1. The van der Waals surface area contributed by atoms with Crippen molar-refractivity contribution in [3.05, 3.63) is 35.4 Å². The molecule has 1 heterocycles. The monoisotopic (exact) mass is 300 g/mol. The van der Waals surface area contributed by atoms with E-state index >= 15 is 0 Å². The van der Waals surface area contributed by atoms with Gasteiger partial charge in [-0.3, -0.25) is 10.1 Å². The number of aromatic nitrogens is 3. The number of anilines is 1. The van der Waals surface area contributed by atoms with Crippen molar-refractivity contribution < 1.29 is 22.7 Å². The summed E-state index contributed by atoms with van der Waals surface area (Å²) >= 11 is 0. The number of hydrogen-bond acceptors (Lipinski definition) is 4. The van der Waals surface area contributed by atoms with Crippen molar-refractivity contribution >= 4 is 11.9 Å². The van der Waals surface area contributed by atoms with Crippen LogP contribution in [-0.2, 0) is 6.18 Å². The Labute approximate surface area is 117 Å². The molecular weight excluding hydrogens is 289 g/mol. The Hall–Kier alpha value is -2.58. The van der Waals surface area contributed by atoms with E-state index in [1.165, 1.54) is 0 Å². The molecule has 0 radical (unpaired) electrons. The zero-order valence-corrected chi connectivity index (χ0v) is 10.9. The molecule has 0 aliphatic carbocycles. The maximum Gasteiger partial charge on any atom is 0.416 e. The van der Waals surface area contributed by atoms with Crippen molar-refractivity contribution in [1.29, 1.82) is 0 Å². The van der Waals surface area contributed by atoms with Gasteiger partial charge in [-0.25, -0.2) is 5.10 Å². The molecule has 0 saturated heterocycles. The van der Waals surface area contributed by atoms with Crippen molar-refractivity contribution in [3.63, 3.8) is 0 Å². The Kier molecular flexibility index (Phi) is 4.10. The van der Waals surface area contributed by atoms with Crippen LogP contribution < -0.4 is 10.1 Å². The summed E-state index contributed by atoms with van der Waals surface area (Å²) in [6.45, 7) is 2.11. The van der Waals surface area contributed by atoms with Gasteiger partial charge in [0.15, 0.2) is 0 Å². The zero-order valence-electron chi connectivity index (χ0n) is 10.9. The first-order chi connectivity index (χ1) is 9.90. The van der Waals surface area contributed by atoms with E-state index in [0.717, 1.165) is 24.3 Å². The summed E-state index contributed by atoms with van der Waals surface area (Å²) < 4.78 is 42.2. The van der Waals surface area contributed by atoms with Crippen LogP contribution in [0.1, 0.15) is 22.8 Å². The second-order valence-corrected chi connectivity index (χ2v) is 3.93.